The molecule has 2 rings (SSSR count). The second-order valence-corrected chi connectivity index (χ2v) is 5.88. The van der Waals surface area contributed by atoms with Crippen LogP contribution in [0.25, 0.3) is 0 Å². The Morgan fingerprint density at radius 2 is 2.00 bits per heavy atom. The minimum atomic E-state index is -4.35. The Balaban J connectivity index is 2.34. The van der Waals surface area contributed by atoms with Gasteiger partial charge in [0.15, 0.2) is 0 Å². The first-order chi connectivity index (χ1) is 8.73. The summed E-state index contributed by atoms with van der Waals surface area (Å²) < 4.78 is 38.9. The van der Waals surface area contributed by atoms with E-state index in [4.69, 9.17) is 5.73 Å². The van der Waals surface area contributed by atoms with Gasteiger partial charge in [0.25, 0.3) is 0 Å². The van der Waals surface area contributed by atoms with Gasteiger partial charge in [-0.25, -0.2) is 0 Å². The molecular formula is C14H19F3N2. The van der Waals surface area contributed by atoms with Crippen molar-refractivity contribution in [3.63, 3.8) is 0 Å². The van der Waals surface area contributed by atoms with Crippen molar-refractivity contribution in [1.29, 1.82) is 0 Å². The molecule has 2 nitrogen and oxygen atoms in total. The highest BCUT2D eigenvalue weighted by molar-refractivity contribution is 5.53. The molecule has 0 aromatic heterocycles. The van der Waals surface area contributed by atoms with Crippen LogP contribution in [0, 0.1) is 5.41 Å². The lowest BCUT2D eigenvalue weighted by molar-refractivity contribution is -0.138. The summed E-state index contributed by atoms with van der Waals surface area (Å²) in [6.07, 6.45) is -3.35. The largest absolute Gasteiger partial charge is 0.416 e. The monoisotopic (exact) mass is 272 g/mol. The third kappa shape index (κ3) is 3.03. The van der Waals surface area contributed by atoms with Crippen molar-refractivity contribution in [1.82, 2.24) is 0 Å². The summed E-state index contributed by atoms with van der Waals surface area (Å²) >= 11 is 0. The maximum Gasteiger partial charge on any atom is 0.416 e. The Morgan fingerprint density at radius 3 is 2.47 bits per heavy atom. The zero-order valence-corrected chi connectivity index (χ0v) is 11.2. The summed E-state index contributed by atoms with van der Waals surface area (Å²) in [5.41, 5.74) is 5.71. The Morgan fingerprint density at radius 1 is 1.32 bits per heavy atom. The van der Waals surface area contributed by atoms with Crippen molar-refractivity contribution in [3.8, 4) is 0 Å². The van der Waals surface area contributed by atoms with Crippen molar-refractivity contribution in [3.05, 3.63) is 29.3 Å². The lowest BCUT2D eigenvalue weighted by Crippen LogP contribution is -2.23. The van der Waals surface area contributed by atoms with Gasteiger partial charge in [-0.15, -0.1) is 0 Å². The van der Waals surface area contributed by atoms with Gasteiger partial charge in [-0.05, 0) is 29.5 Å². The van der Waals surface area contributed by atoms with Crippen LogP contribution < -0.4 is 10.6 Å². The van der Waals surface area contributed by atoms with E-state index in [1.54, 1.807) is 6.07 Å². The predicted molar refractivity (Wildman–Crippen MR) is 69.9 cm³/mol. The molecule has 1 saturated heterocycles. The lowest BCUT2D eigenvalue weighted by atomic mass is 9.93. The van der Waals surface area contributed by atoms with Crippen LogP contribution in [-0.4, -0.2) is 13.1 Å². The molecule has 0 amide bonds. The van der Waals surface area contributed by atoms with Crippen LogP contribution in [0.2, 0.25) is 0 Å². The Kier molecular flexibility index (Phi) is 3.51. The fraction of sp³-hybridized carbons (Fsp3) is 0.571. The maximum atomic E-state index is 13.0. The smallest absolute Gasteiger partial charge is 0.371 e. The quantitative estimate of drug-likeness (QED) is 0.894. The molecule has 19 heavy (non-hydrogen) atoms. The fourth-order valence-corrected chi connectivity index (χ4v) is 2.54. The fourth-order valence-electron chi connectivity index (χ4n) is 2.54. The van der Waals surface area contributed by atoms with Gasteiger partial charge in [0.2, 0.25) is 0 Å². The number of halogens is 3. The molecule has 0 saturated carbocycles. The third-order valence-corrected chi connectivity index (χ3v) is 3.66. The number of alkyl halides is 3. The van der Waals surface area contributed by atoms with Crippen LogP contribution in [0.4, 0.5) is 18.9 Å². The average molecular weight is 272 g/mol. The molecular weight excluding hydrogens is 253 g/mol. The molecule has 106 valence electrons. The first-order valence-corrected chi connectivity index (χ1v) is 6.38. The molecule has 0 unspecified atom stereocenters. The molecule has 5 heteroatoms. The summed E-state index contributed by atoms with van der Waals surface area (Å²) in [6.45, 7) is 5.75. The maximum absolute atomic E-state index is 13.0. The molecule has 0 atom stereocenters. The molecule has 1 aromatic carbocycles. The molecule has 0 radical (unpaired) electrons. The van der Waals surface area contributed by atoms with E-state index < -0.39 is 11.7 Å². The highest BCUT2D eigenvalue weighted by Crippen LogP contribution is 2.37. The van der Waals surface area contributed by atoms with Gasteiger partial charge >= 0.3 is 6.18 Å². The van der Waals surface area contributed by atoms with Gasteiger partial charge in [-0.2, -0.15) is 13.2 Å². The van der Waals surface area contributed by atoms with Gasteiger partial charge < -0.3 is 10.6 Å². The number of nitrogens with zero attached hydrogens (tertiary/aromatic N) is 1. The van der Waals surface area contributed by atoms with Crippen LogP contribution >= 0.6 is 0 Å². The summed E-state index contributed by atoms with van der Waals surface area (Å²) in [4.78, 5) is 2.01. The Bertz CT molecular complexity index is 466. The van der Waals surface area contributed by atoms with E-state index in [0.717, 1.165) is 19.5 Å². The third-order valence-electron chi connectivity index (χ3n) is 3.66. The lowest BCUT2D eigenvalue weighted by Gasteiger charge is -2.23. The van der Waals surface area contributed by atoms with Gasteiger partial charge in [0.05, 0.1) is 5.56 Å². The van der Waals surface area contributed by atoms with E-state index in [1.165, 1.54) is 12.1 Å². The first kappa shape index (κ1) is 14.2. The molecule has 1 fully saturated rings. The van der Waals surface area contributed by atoms with Crippen LogP contribution in [-0.2, 0) is 12.7 Å². The van der Waals surface area contributed by atoms with E-state index in [9.17, 15) is 13.2 Å². The van der Waals surface area contributed by atoms with E-state index in [0.29, 0.717) is 5.69 Å². The second kappa shape index (κ2) is 4.71. The van der Waals surface area contributed by atoms with Crippen LogP contribution in [0.5, 0.6) is 0 Å². The molecule has 1 aliphatic heterocycles. The number of rotatable bonds is 2. The number of benzene rings is 1. The molecule has 1 aliphatic rings. The second-order valence-electron chi connectivity index (χ2n) is 5.88. The van der Waals surface area contributed by atoms with Gasteiger partial charge in [-0.3, -0.25) is 0 Å². The minimum Gasteiger partial charge on any atom is -0.371 e. The standard InChI is InChI=1S/C14H19F3N2/c1-13(2)5-6-19(9-13)11-4-3-10(8-18)12(7-11)14(15,16)17/h3-4,7H,5-6,8-9,18H2,1-2H3. The van der Waals surface area contributed by atoms with Gasteiger partial charge in [-0.1, -0.05) is 19.9 Å². The molecule has 0 spiro atoms. The molecule has 1 heterocycles. The average Bonchev–Trinajstić information content (AvgIpc) is 2.68. The van der Waals surface area contributed by atoms with Crippen molar-refractivity contribution in [2.24, 2.45) is 11.1 Å². The number of anilines is 1. The van der Waals surface area contributed by atoms with Gasteiger partial charge in [0, 0.05) is 25.3 Å². The van der Waals surface area contributed by atoms with E-state index in [2.05, 4.69) is 13.8 Å². The minimum absolute atomic E-state index is 0.0966. The summed E-state index contributed by atoms with van der Waals surface area (Å²) in [5, 5.41) is 0. The Hall–Kier alpha value is -1.23. The van der Waals surface area contributed by atoms with E-state index in [1.807, 2.05) is 4.90 Å². The molecule has 2 N–H and O–H groups in total. The predicted octanol–water partition coefficient (Wildman–Crippen LogP) is 3.40. The van der Waals surface area contributed by atoms with E-state index >= 15 is 0 Å². The van der Waals surface area contributed by atoms with Crippen molar-refractivity contribution in [2.75, 3.05) is 18.0 Å². The SMILES string of the molecule is CC1(C)CCN(c2ccc(CN)c(C(F)(F)F)c2)C1. The zero-order chi connectivity index (χ0) is 14.3. The summed E-state index contributed by atoms with van der Waals surface area (Å²) in [6, 6.07) is 4.45. The highest BCUT2D eigenvalue weighted by Gasteiger charge is 2.35. The van der Waals surface area contributed by atoms with E-state index in [-0.39, 0.29) is 17.5 Å². The highest BCUT2D eigenvalue weighted by atomic mass is 19.4. The van der Waals surface area contributed by atoms with Gasteiger partial charge in [0.1, 0.15) is 0 Å². The van der Waals surface area contributed by atoms with Crippen LogP contribution in [0.1, 0.15) is 31.4 Å². The molecule has 0 bridgehead atoms. The van der Waals surface area contributed by atoms with Crippen molar-refractivity contribution >= 4 is 5.69 Å². The summed E-state index contributed by atoms with van der Waals surface area (Å²) in [7, 11) is 0. The van der Waals surface area contributed by atoms with Crippen molar-refractivity contribution < 1.29 is 13.2 Å². The molecule has 0 aliphatic carbocycles. The number of nitrogens with two attached hydrogens (primary N) is 1. The van der Waals surface area contributed by atoms with Crippen LogP contribution in [0.3, 0.4) is 0 Å². The Labute approximate surface area is 111 Å². The zero-order valence-electron chi connectivity index (χ0n) is 11.2. The molecule has 1 aromatic rings. The van der Waals surface area contributed by atoms with Crippen LogP contribution in [0.15, 0.2) is 18.2 Å². The normalized spacial score (nSPS) is 18.9. The first-order valence-electron chi connectivity index (χ1n) is 6.38. The topological polar surface area (TPSA) is 29.3 Å². The van der Waals surface area contributed by atoms with Crippen molar-refractivity contribution in [2.45, 2.75) is 33.0 Å². The number of hydrogen-bond donors (Lipinski definition) is 1. The summed E-state index contributed by atoms with van der Waals surface area (Å²) in [5.74, 6) is 0. The number of hydrogen-bond acceptors (Lipinski definition) is 2.